The maximum atomic E-state index is 12.9. The Kier molecular flexibility index (Phi) is 5.01. The summed E-state index contributed by atoms with van der Waals surface area (Å²) in [6.07, 6.45) is 3.41. The van der Waals surface area contributed by atoms with Crippen LogP contribution in [0.5, 0.6) is 0 Å². The zero-order valence-corrected chi connectivity index (χ0v) is 13.3. The van der Waals surface area contributed by atoms with E-state index in [4.69, 9.17) is 0 Å². The molecule has 0 aliphatic carbocycles. The van der Waals surface area contributed by atoms with Crippen molar-refractivity contribution in [2.24, 2.45) is 0 Å². The van der Waals surface area contributed by atoms with Crippen LogP contribution in [0, 0.1) is 19.1 Å². The number of para-hydroxylation sites is 1. The van der Waals surface area contributed by atoms with E-state index in [1.165, 1.54) is 0 Å². The largest absolute Gasteiger partial charge is 0.632 e. The smallest absolute Gasteiger partial charge is 0.283 e. The molecule has 1 N–H and O–H groups in total. The van der Waals surface area contributed by atoms with Crippen LogP contribution in [0.1, 0.15) is 43.7 Å². The molecule has 116 valence electrons. The van der Waals surface area contributed by atoms with E-state index in [0.717, 1.165) is 36.1 Å². The van der Waals surface area contributed by atoms with Crippen molar-refractivity contribution < 1.29 is 9.44 Å². The van der Waals surface area contributed by atoms with Gasteiger partial charge in [-0.25, -0.2) is 0 Å². The predicted octanol–water partition coefficient (Wildman–Crippen LogP) is 3.52. The van der Waals surface area contributed by atoms with Crippen molar-refractivity contribution in [2.75, 3.05) is 18.4 Å². The van der Waals surface area contributed by atoms with Crippen LogP contribution >= 0.6 is 0 Å². The Morgan fingerprint density at radius 2 is 2.00 bits per heavy atom. The number of carbonyl (C=O) groups excluding carboxylic acids is 1. The van der Waals surface area contributed by atoms with Crippen molar-refractivity contribution in [1.82, 2.24) is 0 Å². The summed E-state index contributed by atoms with van der Waals surface area (Å²) in [5.41, 5.74) is 2.94. The van der Waals surface area contributed by atoms with Crippen LogP contribution in [-0.4, -0.2) is 29.7 Å². The third-order valence-electron chi connectivity index (χ3n) is 4.47. The number of carbonyl (C=O) groups is 1. The molecule has 1 fully saturated rings. The summed E-state index contributed by atoms with van der Waals surface area (Å²) in [5.74, 6) is -0.115. The van der Waals surface area contributed by atoms with E-state index in [2.05, 4.69) is 5.32 Å². The van der Waals surface area contributed by atoms with Gasteiger partial charge in [-0.15, -0.1) is 0 Å². The molecule has 4 heteroatoms. The Balaban J connectivity index is 2.18. The molecule has 2 rings (SSSR count). The number of rotatable bonds is 4. The zero-order chi connectivity index (χ0) is 15.5. The Morgan fingerprint density at radius 3 is 2.62 bits per heavy atom. The highest BCUT2D eigenvalue weighted by Crippen LogP contribution is 2.27. The van der Waals surface area contributed by atoms with Crippen LogP contribution < -0.4 is 5.32 Å². The number of piperidine rings is 1. The second kappa shape index (κ2) is 6.58. The lowest BCUT2D eigenvalue weighted by atomic mass is 9.99. The monoisotopic (exact) mass is 290 g/mol. The number of amides is 1. The molecule has 1 heterocycles. The van der Waals surface area contributed by atoms with Crippen molar-refractivity contribution in [1.29, 1.82) is 0 Å². The summed E-state index contributed by atoms with van der Waals surface area (Å²) in [4.78, 5) is 12.6. The van der Waals surface area contributed by atoms with Crippen LogP contribution in [0.25, 0.3) is 0 Å². The van der Waals surface area contributed by atoms with E-state index < -0.39 is 6.04 Å². The topological polar surface area (TPSA) is 52.2 Å². The highest BCUT2D eigenvalue weighted by atomic mass is 16.5. The van der Waals surface area contributed by atoms with Gasteiger partial charge in [0.05, 0.1) is 13.1 Å². The normalized spacial score (nSPS) is 25.6. The van der Waals surface area contributed by atoms with Gasteiger partial charge < -0.3 is 15.2 Å². The summed E-state index contributed by atoms with van der Waals surface area (Å²) in [6.45, 7) is 7.07. The summed E-state index contributed by atoms with van der Waals surface area (Å²) in [7, 11) is 0. The van der Waals surface area contributed by atoms with Gasteiger partial charge >= 0.3 is 0 Å². The minimum atomic E-state index is -0.460. The molecule has 2 atom stereocenters. The lowest BCUT2D eigenvalue weighted by molar-refractivity contribution is -0.901. The van der Waals surface area contributed by atoms with Crippen molar-refractivity contribution in [2.45, 2.75) is 52.5 Å². The first-order valence-electron chi connectivity index (χ1n) is 7.93. The molecule has 1 aromatic rings. The molecule has 0 bridgehead atoms. The first-order chi connectivity index (χ1) is 9.98. The average molecular weight is 290 g/mol. The van der Waals surface area contributed by atoms with Gasteiger partial charge in [-0.05, 0) is 44.2 Å². The Bertz CT molecular complexity index is 491. The Labute approximate surface area is 127 Å². The van der Waals surface area contributed by atoms with Crippen LogP contribution in [0.3, 0.4) is 0 Å². The van der Waals surface area contributed by atoms with Gasteiger partial charge in [0, 0.05) is 12.1 Å². The van der Waals surface area contributed by atoms with E-state index in [9.17, 15) is 10.0 Å². The van der Waals surface area contributed by atoms with Crippen LogP contribution in [0.2, 0.25) is 0 Å². The van der Waals surface area contributed by atoms with Gasteiger partial charge in [0.2, 0.25) is 0 Å². The predicted molar refractivity (Wildman–Crippen MR) is 85.8 cm³/mol. The quantitative estimate of drug-likeness (QED) is 0.681. The van der Waals surface area contributed by atoms with Crippen molar-refractivity contribution in [3.05, 3.63) is 34.5 Å². The van der Waals surface area contributed by atoms with Crippen LogP contribution in [-0.2, 0) is 4.79 Å². The molecule has 1 aliphatic rings. The number of likely N-dealkylation sites (tertiary alicyclic amines) is 1. The van der Waals surface area contributed by atoms with Crippen molar-refractivity contribution in [3.8, 4) is 0 Å². The molecule has 1 aliphatic heterocycles. The van der Waals surface area contributed by atoms with Gasteiger partial charge in [0.1, 0.15) is 0 Å². The molecule has 1 saturated heterocycles. The summed E-state index contributed by atoms with van der Waals surface area (Å²) < 4.78 is -0.354. The third-order valence-corrected chi connectivity index (χ3v) is 4.47. The lowest BCUT2D eigenvalue weighted by Gasteiger charge is -2.50. The van der Waals surface area contributed by atoms with E-state index in [0.29, 0.717) is 19.5 Å². The van der Waals surface area contributed by atoms with Crippen LogP contribution in [0.4, 0.5) is 5.69 Å². The van der Waals surface area contributed by atoms with Gasteiger partial charge in [-0.1, -0.05) is 25.1 Å². The molecule has 0 spiro atoms. The zero-order valence-electron chi connectivity index (χ0n) is 13.3. The number of benzene rings is 1. The van der Waals surface area contributed by atoms with Gasteiger partial charge in [0.15, 0.2) is 6.04 Å². The lowest BCUT2D eigenvalue weighted by Crippen LogP contribution is -2.58. The van der Waals surface area contributed by atoms with E-state index in [1.54, 1.807) is 0 Å². The Hall–Kier alpha value is -1.39. The summed E-state index contributed by atoms with van der Waals surface area (Å²) >= 11 is 0. The second-order valence-electron chi connectivity index (χ2n) is 6.17. The maximum Gasteiger partial charge on any atom is 0.283 e. The standard InChI is InChI=1S/C17H26N2O2/c1-4-11-19(21)12-6-5-10-15(19)17(20)18-16-13(2)8-7-9-14(16)3/h7-9,15H,4-6,10-12H2,1-3H3,(H,18,20). The maximum absolute atomic E-state index is 12.9. The summed E-state index contributed by atoms with van der Waals surface area (Å²) in [5, 5.41) is 15.9. The summed E-state index contributed by atoms with van der Waals surface area (Å²) in [6, 6.07) is 5.48. The van der Waals surface area contributed by atoms with Gasteiger partial charge in [-0.3, -0.25) is 4.79 Å². The number of nitrogens with zero attached hydrogens (tertiary/aromatic N) is 1. The van der Waals surface area contributed by atoms with E-state index >= 15 is 0 Å². The SMILES string of the molecule is CCC[N+]1([O-])CCCCC1C(=O)Nc1c(C)cccc1C. The first kappa shape index (κ1) is 16.0. The number of hydroxylamine groups is 3. The fourth-order valence-electron chi connectivity index (χ4n) is 3.32. The Morgan fingerprint density at radius 1 is 1.33 bits per heavy atom. The van der Waals surface area contributed by atoms with Crippen molar-refractivity contribution >= 4 is 11.6 Å². The highest BCUT2D eigenvalue weighted by molar-refractivity contribution is 5.95. The molecule has 0 radical (unpaired) electrons. The first-order valence-corrected chi connectivity index (χ1v) is 7.93. The fourth-order valence-corrected chi connectivity index (χ4v) is 3.32. The highest BCUT2D eigenvalue weighted by Gasteiger charge is 2.37. The number of hydrogen-bond acceptors (Lipinski definition) is 2. The number of anilines is 1. The number of hydrogen-bond donors (Lipinski definition) is 1. The van der Waals surface area contributed by atoms with Crippen LogP contribution in [0.15, 0.2) is 18.2 Å². The number of nitrogens with one attached hydrogen (secondary N) is 1. The third kappa shape index (κ3) is 3.44. The average Bonchev–Trinajstić information content (AvgIpc) is 2.43. The van der Waals surface area contributed by atoms with Gasteiger partial charge in [0.25, 0.3) is 5.91 Å². The number of aryl methyl sites for hydroxylation is 2. The molecule has 1 aromatic carbocycles. The molecule has 4 nitrogen and oxygen atoms in total. The fraction of sp³-hybridized carbons (Fsp3) is 0.588. The van der Waals surface area contributed by atoms with E-state index in [1.807, 2.05) is 39.0 Å². The minimum absolute atomic E-state index is 0.115. The molecule has 1 amide bonds. The molecule has 0 aromatic heterocycles. The molecule has 21 heavy (non-hydrogen) atoms. The molecule has 0 saturated carbocycles. The van der Waals surface area contributed by atoms with E-state index in [-0.39, 0.29) is 10.6 Å². The van der Waals surface area contributed by atoms with Gasteiger partial charge in [-0.2, -0.15) is 0 Å². The molecular weight excluding hydrogens is 264 g/mol. The van der Waals surface area contributed by atoms with Crippen molar-refractivity contribution in [3.63, 3.8) is 0 Å². The minimum Gasteiger partial charge on any atom is -0.632 e. The number of quaternary nitrogens is 1. The molecular formula is C17H26N2O2. The second-order valence-corrected chi connectivity index (χ2v) is 6.17. The molecule has 2 unspecified atom stereocenters.